The van der Waals surface area contributed by atoms with Gasteiger partial charge in [0.2, 0.25) is 0 Å². The Hall–Kier alpha value is -1.60. The molecule has 0 atom stereocenters. The minimum Gasteiger partial charge on any atom is -0.382 e. The first kappa shape index (κ1) is 15.8. The van der Waals surface area contributed by atoms with E-state index in [2.05, 4.69) is 21.8 Å². The quantitative estimate of drug-likeness (QED) is 0.764. The number of nitrogen functional groups attached to an aromatic ring is 1. The van der Waals surface area contributed by atoms with Gasteiger partial charge in [-0.1, -0.05) is 37.3 Å². The number of anilines is 2. The Balaban J connectivity index is 1.95. The lowest BCUT2D eigenvalue weighted by atomic mass is 10.1. The summed E-state index contributed by atoms with van der Waals surface area (Å²) in [5.41, 5.74) is 6.95. The number of nitrogens with two attached hydrogens (primary N) is 1. The van der Waals surface area contributed by atoms with E-state index >= 15 is 0 Å². The number of aryl methyl sites for hydroxylation is 1. The second-order valence-corrected chi connectivity index (χ2v) is 7.63. The highest BCUT2D eigenvalue weighted by Gasteiger charge is 2.23. The van der Waals surface area contributed by atoms with E-state index in [-0.39, 0.29) is 16.5 Å². The summed E-state index contributed by atoms with van der Waals surface area (Å²) in [7, 11) is -3.35. The van der Waals surface area contributed by atoms with Crippen LogP contribution in [0.25, 0.3) is 0 Å². The molecule has 5 nitrogen and oxygen atoms in total. The fraction of sp³-hybridized carbons (Fsp3) is 0.357. The van der Waals surface area contributed by atoms with E-state index in [0.29, 0.717) is 11.5 Å². The fourth-order valence-electron chi connectivity index (χ4n) is 1.99. The summed E-state index contributed by atoms with van der Waals surface area (Å²) >= 11 is 1.10. The molecule has 114 valence electrons. The second-order valence-electron chi connectivity index (χ2n) is 4.65. The second kappa shape index (κ2) is 6.91. The van der Waals surface area contributed by atoms with Crippen molar-refractivity contribution >= 4 is 32.2 Å². The zero-order valence-corrected chi connectivity index (χ0v) is 13.5. The van der Waals surface area contributed by atoms with E-state index in [9.17, 15) is 8.42 Å². The molecule has 0 saturated carbocycles. The van der Waals surface area contributed by atoms with Crippen LogP contribution in [-0.2, 0) is 16.3 Å². The van der Waals surface area contributed by atoms with Crippen LogP contribution in [-0.4, -0.2) is 25.1 Å². The van der Waals surface area contributed by atoms with Gasteiger partial charge >= 0.3 is 0 Å². The third-order valence-electron chi connectivity index (χ3n) is 3.14. The van der Waals surface area contributed by atoms with Gasteiger partial charge in [-0.25, -0.2) is 8.42 Å². The molecule has 1 aromatic heterocycles. The van der Waals surface area contributed by atoms with Crippen LogP contribution in [0.1, 0.15) is 18.9 Å². The van der Waals surface area contributed by atoms with E-state index in [1.165, 1.54) is 5.56 Å². The number of benzene rings is 1. The Kier molecular flexibility index (Phi) is 5.19. The highest BCUT2D eigenvalue weighted by molar-refractivity contribution is 7.91. The normalized spacial score (nSPS) is 11.5. The van der Waals surface area contributed by atoms with Crippen LogP contribution in [0.2, 0.25) is 0 Å². The zero-order chi connectivity index (χ0) is 15.3. The van der Waals surface area contributed by atoms with Gasteiger partial charge in [0.25, 0.3) is 0 Å². The minimum atomic E-state index is -3.35. The molecular weight excluding hydrogens is 306 g/mol. The number of sulfone groups is 1. The summed E-state index contributed by atoms with van der Waals surface area (Å²) in [6.07, 6.45) is 1.85. The molecule has 0 aliphatic rings. The number of nitrogens with zero attached hydrogens (tertiary/aromatic N) is 1. The van der Waals surface area contributed by atoms with Crippen molar-refractivity contribution in [3.63, 3.8) is 0 Å². The summed E-state index contributed by atoms with van der Waals surface area (Å²) in [6.45, 7) is 2.29. The SMILES string of the molecule is CCS(=O)(=O)c1c(N)nsc1NCCCc1ccccc1. The van der Waals surface area contributed by atoms with Crippen LogP contribution in [0, 0.1) is 0 Å². The first-order chi connectivity index (χ1) is 10.0. The van der Waals surface area contributed by atoms with Gasteiger partial charge < -0.3 is 11.1 Å². The summed E-state index contributed by atoms with van der Waals surface area (Å²) < 4.78 is 28.0. The summed E-state index contributed by atoms with van der Waals surface area (Å²) in [6, 6.07) is 10.2. The van der Waals surface area contributed by atoms with E-state index in [0.717, 1.165) is 24.4 Å². The van der Waals surface area contributed by atoms with Gasteiger partial charge in [-0.2, -0.15) is 4.37 Å². The highest BCUT2D eigenvalue weighted by atomic mass is 32.2. The molecular formula is C14H19N3O2S2. The Labute approximate surface area is 129 Å². The molecule has 0 radical (unpaired) electrons. The Morgan fingerprint density at radius 2 is 2.00 bits per heavy atom. The van der Waals surface area contributed by atoms with Crippen LogP contribution in [0.4, 0.5) is 10.8 Å². The minimum absolute atomic E-state index is 0.0221. The maximum absolute atomic E-state index is 12.0. The Morgan fingerprint density at radius 3 is 2.67 bits per heavy atom. The number of nitrogens with one attached hydrogen (secondary N) is 1. The molecule has 0 amide bonds. The average Bonchev–Trinajstić information content (AvgIpc) is 2.86. The van der Waals surface area contributed by atoms with Crippen LogP contribution in [0.5, 0.6) is 0 Å². The molecule has 1 heterocycles. The molecule has 2 aromatic rings. The number of aromatic nitrogens is 1. The third kappa shape index (κ3) is 3.95. The lowest BCUT2D eigenvalue weighted by molar-refractivity contribution is 0.598. The van der Waals surface area contributed by atoms with Crippen LogP contribution in [0.15, 0.2) is 35.2 Å². The number of hydrogen-bond acceptors (Lipinski definition) is 6. The topological polar surface area (TPSA) is 85.1 Å². The van der Waals surface area contributed by atoms with Gasteiger partial charge in [-0.3, -0.25) is 0 Å². The Morgan fingerprint density at radius 1 is 1.29 bits per heavy atom. The summed E-state index contributed by atoms with van der Waals surface area (Å²) in [5, 5.41) is 3.69. The van der Waals surface area contributed by atoms with E-state index in [1.807, 2.05) is 18.2 Å². The van der Waals surface area contributed by atoms with E-state index in [1.54, 1.807) is 6.92 Å². The van der Waals surface area contributed by atoms with Crippen molar-refractivity contribution in [1.29, 1.82) is 0 Å². The standard InChI is InChI=1S/C14H19N3O2S2/c1-2-21(18,19)12-13(15)17-20-14(12)16-10-6-9-11-7-4-3-5-8-11/h3-5,7-8,16H,2,6,9-10H2,1H3,(H2,15,17). The lowest BCUT2D eigenvalue weighted by Gasteiger charge is -2.07. The number of hydrogen-bond donors (Lipinski definition) is 2. The monoisotopic (exact) mass is 325 g/mol. The van der Waals surface area contributed by atoms with Gasteiger partial charge in [0, 0.05) is 6.54 Å². The van der Waals surface area contributed by atoms with Crippen molar-refractivity contribution in [2.45, 2.75) is 24.7 Å². The van der Waals surface area contributed by atoms with E-state index < -0.39 is 9.84 Å². The van der Waals surface area contributed by atoms with E-state index in [4.69, 9.17) is 5.73 Å². The molecule has 0 fully saturated rings. The molecule has 1 aromatic carbocycles. The first-order valence-electron chi connectivity index (χ1n) is 6.80. The summed E-state index contributed by atoms with van der Waals surface area (Å²) in [4.78, 5) is 0.148. The van der Waals surface area contributed by atoms with Crippen molar-refractivity contribution in [3.05, 3.63) is 35.9 Å². The fourth-order valence-corrected chi connectivity index (χ4v) is 4.18. The maximum Gasteiger partial charge on any atom is 0.184 e. The molecule has 7 heteroatoms. The molecule has 0 aliphatic heterocycles. The predicted molar refractivity (Wildman–Crippen MR) is 87.5 cm³/mol. The van der Waals surface area contributed by atoms with Crippen LogP contribution < -0.4 is 11.1 Å². The van der Waals surface area contributed by atoms with Gasteiger partial charge in [-0.05, 0) is 29.9 Å². The largest absolute Gasteiger partial charge is 0.382 e. The van der Waals surface area contributed by atoms with Crippen molar-refractivity contribution in [2.75, 3.05) is 23.3 Å². The molecule has 3 N–H and O–H groups in total. The molecule has 0 spiro atoms. The van der Waals surface area contributed by atoms with Crippen molar-refractivity contribution < 1.29 is 8.42 Å². The molecule has 21 heavy (non-hydrogen) atoms. The third-order valence-corrected chi connectivity index (χ3v) is 5.88. The van der Waals surface area contributed by atoms with Crippen LogP contribution >= 0.6 is 11.5 Å². The van der Waals surface area contributed by atoms with Gasteiger partial charge in [-0.15, -0.1) is 0 Å². The maximum atomic E-state index is 12.0. The summed E-state index contributed by atoms with van der Waals surface area (Å²) in [5.74, 6) is 0.112. The van der Waals surface area contributed by atoms with Gasteiger partial charge in [0.15, 0.2) is 15.7 Å². The van der Waals surface area contributed by atoms with Crippen molar-refractivity contribution in [3.8, 4) is 0 Å². The van der Waals surface area contributed by atoms with Crippen LogP contribution in [0.3, 0.4) is 0 Å². The molecule has 2 rings (SSSR count). The molecule has 0 saturated heterocycles. The molecule has 0 bridgehead atoms. The Bertz CT molecular complexity index is 681. The average molecular weight is 325 g/mol. The predicted octanol–water partition coefficient (Wildman–Crippen LogP) is 2.56. The molecule has 0 aliphatic carbocycles. The van der Waals surface area contributed by atoms with Crippen molar-refractivity contribution in [2.24, 2.45) is 0 Å². The lowest BCUT2D eigenvalue weighted by Crippen LogP contribution is -2.10. The van der Waals surface area contributed by atoms with Gasteiger partial charge in [0.05, 0.1) is 5.75 Å². The smallest absolute Gasteiger partial charge is 0.184 e. The number of rotatable bonds is 7. The first-order valence-corrected chi connectivity index (χ1v) is 9.23. The highest BCUT2D eigenvalue weighted by Crippen LogP contribution is 2.32. The van der Waals surface area contributed by atoms with Crippen molar-refractivity contribution in [1.82, 2.24) is 4.37 Å². The molecule has 0 unspecified atom stereocenters. The zero-order valence-electron chi connectivity index (χ0n) is 11.9. The van der Waals surface area contributed by atoms with Gasteiger partial charge in [0.1, 0.15) is 9.90 Å².